The molecule has 0 N–H and O–H groups in total. The zero-order chi connectivity index (χ0) is 7.94. The lowest BCUT2D eigenvalue weighted by atomic mass is 10.00. The van der Waals surface area contributed by atoms with Crippen molar-refractivity contribution in [1.29, 1.82) is 0 Å². The second kappa shape index (κ2) is 4.58. The third kappa shape index (κ3) is 2.92. The molecule has 0 spiro atoms. The monoisotopic (exact) mass is 149 g/mol. The van der Waals surface area contributed by atoms with Crippen LogP contribution in [0.25, 0.3) is 10.4 Å². The molecule has 1 aliphatic rings. The van der Waals surface area contributed by atoms with Crippen molar-refractivity contribution in [2.24, 2.45) is 5.11 Å². The molecule has 0 aromatic carbocycles. The van der Waals surface area contributed by atoms with Crippen LogP contribution < -0.4 is 0 Å². The van der Waals surface area contributed by atoms with Gasteiger partial charge in [-0.2, -0.15) is 0 Å². The van der Waals surface area contributed by atoms with Gasteiger partial charge in [0.2, 0.25) is 0 Å². The molecule has 1 aliphatic carbocycles. The van der Waals surface area contributed by atoms with E-state index < -0.39 is 0 Å². The number of rotatable bonds is 2. The number of azide groups is 1. The standard InChI is InChI=1S/C8H11N3/c9-11-10-7-6-8-4-2-1-3-5-8/h4,6-7H,1-3,5H2/b7-6+. The van der Waals surface area contributed by atoms with Crippen molar-refractivity contribution in [3.05, 3.63) is 34.4 Å². The zero-order valence-corrected chi connectivity index (χ0v) is 6.40. The van der Waals surface area contributed by atoms with Gasteiger partial charge in [0.1, 0.15) is 0 Å². The minimum atomic E-state index is 1.12. The van der Waals surface area contributed by atoms with E-state index in [1.165, 1.54) is 24.6 Å². The summed E-state index contributed by atoms with van der Waals surface area (Å²) in [6.07, 6.45) is 10.4. The Morgan fingerprint density at radius 2 is 2.45 bits per heavy atom. The normalized spacial score (nSPS) is 17.6. The van der Waals surface area contributed by atoms with Gasteiger partial charge in [-0.15, -0.1) is 0 Å². The van der Waals surface area contributed by atoms with E-state index in [1.807, 2.05) is 6.08 Å². The Labute approximate surface area is 66.0 Å². The summed E-state index contributed by atoms with van der Waals surface area (Å²) >= 11 is 0. The van der Waals surface area contributed by atoms with Crippen LogP contribution in [0.4, 0.5) is 0 Å². The van der Waals surface area contributed by atoms with Crippen LogP contribution in [0.5, 0.6) is 0 Å². The summed E-state index contributed by atoms with van der Waals surface area (Å²) in [5.41, 5.74) is 9.28. The Hall–Kier alpha value is -1.21. The SMILES string of the molecule is [N-]=[N+]=N/C=C/C1=CCCCC1. The lowest BCUT2D eigenvalue weighted by Crippen LogP contribution is -1.87. The molecule has 0 aromatic rings. The van der Waals surface area contributed by atoms with Crippen LogP contribution in [-0.4, -0.2) is 0 Å². The fourth-order valence-electron chi connectivity index (χ4n) is 1.17. The smallest absolute Gasteiger partial charge is 0.00475 e. The molecule has 1 rings (SSSR count). The van der Waals surface area contributed by atoms with Crippen molar-refractivity contribution < 1.29 is 0 Å². The first-order valence-corrected chi connectivity index (χ1v) is 3.83. The maximum absolute atomic E-state index is 7.98. The lowest BCUT2D eigenvalue weighted by molar-refractivity contribution is 0.712. The maximum Gasteiger partial charge on any atom is 0.00475 e. The van der Waals surface area contributed by atoms with Gasteiger partial charge in [-0.3, -0.25) is 0 Å². The number of allylic oxidation sites excluding steroid dienone is 3. The maximum atomic E-state index is 7.98. The molecule has 0 unspecified atom stereocenters. The Morgan fingerprint density at radius 1 is 1.55 bits per heavy atom. The van der Waals surface area contributed by atoms with Gasteiger partial charge in [-0.25, -0.2) is 0 Å². The first kappa shape index (κ1) is 7.89. The van der Waals surface area contributed by atoms with Crippen LogP contribution in [0.2, 0.25) is 0 Å². The Morgan fingerprint density at radius 3 is 3.09 bits per heavy atom. The predicted octanol–water partition coefficient (Wildman–Crippen LogP) is 3.31. The van der Waals surface area contributed by atoms with Crippen LogP contribution >= 0.6 is 0 Å². The van der Waals surface area contributed by atoms with Crippen LogP contribution in [-0.2, 0) is 0 Å². The van der Waals surface area contributed by atoms with Gasteiger partial charge in [0.05, 0.1) is 0 Å². The van der Waals surface area contributed by atoms with Crippen molar-refractivity contribution in [3.63, 3.8) is 0 Å². The van der Waals surface area contributed by atoms with Crippen LogP contribution in [0, 0.1) is 0 Å². The first-order chi connectivity index (χ1) is 5.43. The minimum Gasteiger partial charge on any atom is -0.0813 e. The van der Waals surface area contributed by atoms with Crippen LogP contribution in [0.1, 0.15) is 25.7 Å². The highest BCUT2D eigenvalue weighted by Gasteiger charge is 1.98. The quantitative estimate of drug-likeness (QED) is 0.328. The van der Waals surface area contributed by atoms with E-state index in [2.05, 4.69) is 16.1 Å². The summed E-state index contributed by atoms with van der Waals surface area (Å²) in [5, 5.41) is 3.33. The lowest BCUT2D eigenvalue weighted by Gasteiger charge is -2.07. The van der Waals surface area contributed by atoms with E-state index in [4.69, 9.17) is 5.53 Å². The second-order valence-corrected chi connectivity index (χ2v) is 2.55. The fraction of sp³-hybridized carbons (Fsp3) is 0.500. The van der Waals surface area contributed by atoms with Crippen LogP contribution in [0.3, 0.4) is 0 Å². The van der Waals surface area contributed by atoms with Gasteiger partial charge < -0.3 is 0 Å². The molecule has 0 saturated heterocycles. The molecule has 0 saturated carbocycles. The van der Waals surface area contributed by atoms with Crippen LogP contribution in [0.15, 0.2) is 29.0 Å². The van der Waals surface area contributed by atoms with E-state index in [1.54, 1.807) is 0 Å². The summed E-state index contributed by atoms with van der Waals surface area (Å²) in [5.74, 6) is 0. The van der Waals surface area contributed by atoms with E-state index in [9.17, 15) is 0 Å². The van der Waals surface area contributed by atoms with Crippen molar-refractivity contribution >= 4 is 0 Å². The van der Waals surface area contributed by atoms with Gasteiger partial charge in [0.15, 0.2) is 0 Å². The fourth-order valence-corrected chi connectivity index (χ4v) is 1.17. The molecule has 0 amide bonds. The van der Waals surface area contributed by atoms with E-state index in [0.29, 0.717) is 0 Å². The average Bonchev–Trinajstić information content (AvgIpc) is 2.07. The molecular formula is C8H11N3. The molecule has 58 valence electrons. The van der Waals surface area contributed by atoms with Gasteiger partial charge in [-0.1, -0.05) is 22.8 Å². The molecule has 0 fully saturated rings. The van der Waals surface area contributed by atoms with Crippen molar-refractivity contribution in [3.8, 4) is 0 Å². The molecular weight excluding hydrogens is 138 g/mol. The van der Waals surface area contributed by atoms with Crippen molar-refractivity contribution in [1.82, 2.24) is 0 Å². The summed E-state index contributed by atoms with van der Waals surface area (Å²) < 4.78 is 0. The van der Waals surface area contributed by atoms with Gasteiger partial charge in [0, 0.05) is 11.1 Å². The van der Waals surface area contributed by atoms with Crippen molar-refractivity contribution in [2.75, 3.05) is 0 Å². The second-order valence-electron chi connectivity index (χ2n) is 2.55. The Bertz CT molecular complexity index is 221. The number of hydrogen-bond donors (Lipinski definition) is 0. The number of hydrogen-bond acceptors (Lipinski definition) is 1. The van der Waals surface area contributed by atoms with Crippen molar-refractivity contribution in [2.45, 2.75) is 25.7 Å². The van der Waals surface area contributed by atoms with Gasteiger partial charge >= 0.3 is 0 Å². The molecule has 3 heteroatoms. The average molecular weight is 149 g/mol. The zero-order valence-electron chi connectivity index (χ0n) is 6.40. The molecule has 0 radical (unpaired) electrons. The highest BCUT2D eigenvalue weighted by atomic mass is 15.1. The molecule has 0 bridgehead atoms. The Kier molecular flexibility index (Phi) is 3.29. The predicted molar refractivity (Wildman–Crippen MR) is 44.8 cm³/mol. The largest absolute Gasteiger partial charge is 0.0813 e. The molecule has 11 heavy (non-hydrogen) atoms. The summed E-state index contributed by atoms with van der Waals surface area (Å²) in [6, 6.07) is 0. The molecule has 0 heterocycles. The summed E-state index contributed by atoms with van der Waals surface area (Å²) in [7, 11) is 0. The summed E-state index contributed by atoms with van der Waals surface area (Å²) in [4.78, 5) is 2.63. The molecule has 0 aliphatic heterocycles. The van der Waals surface area contributed by atoms with E-state index in [0.717, 1.165) is 12.8 Å². The first-order valence-electron chi connectivity index (χ1n) is 3.83. The molecule has 0 atom stereocenters. The topological polar surface area (TPSA) is 48.8 Å². The number of nitrogens with zero attached hydrogens (tertiary/aromatic N) is 3. The van der Waals surface area contributed by atoms with Gasteiger partial charge in [-0.05, 0) is 31.2 Å². The van der Waals surface area contributed by atoms with E-state index >= 15 is 0 Å². The Balaban J connectivity index is 2.46. The van der Waals surface area contributed by atoms with E-state index in [-0.39, 0.29) is 0 Å². The third-order valence-electron chi connectivity index (χ3n) is 1.73. The summed E-state index contributed by atoms with van der Waals surface area (Å²) in [6.45, 7) is 0. The molecule has 3 nitrogen and oxygen atoms in total. The highest BCUT2D eigenvalue weighted by Crippen LogP contribution is 2.17. The minimum absolute atomic E-state index is 1.12. The molecule has 0 aromatic heterocycles. The highest BCUT2D eigenvalue weighted by molar-refractivity contribution is 5.19. The van der Waals surface area contributed by atoms with Gasteiger partial charge in [0.25, 0.3) is 0 Å². The third-order valence-corrected chi connectivity index (χ3v) is 1.73.